The fourth-order valence-corrected chi connectivity index (χ4v) is 2.13. The molecule has 4 heteroatoms. The summed E-state index contributed by atoms with van der Waals surface area (Å²) in [7, 11) is 3.26. The van der Waals surface area contributed by atoms with Crippen LogP contribution in [0.1, 0.15) is 31.1 Å². The Morgan fingerprint density at radius 2 is 2.00 bits per heavy atom. The molecule has 0 unspecified atom stereocenters. The monoisotopic (exact) mass is 265 g/mol. The van der Waals surface area contributed by atoms with E-state index < -0.39 is 0 Å². The van der Waals surface area contributed by atoms with Crippen molar-refractivity contribution in [2.24, 2.45) is 0 Å². The Morgan fingerprint density at radius 3 is 2.47 bits per heavy atom. The Bertz CT molecular complexity index is 429. The van der Waals surface area contributed by atoms with E-state index in [2.05, 4.69) is 18.7 Å². The molecule has 0 aliphatic carbocycles. The van der Waals surface area contributed by atoms with Gasteiger partial charge >= 0.3 is 0 Å². The van der Waals surface area contributed by atoms with Crippen molar-refractivity contribution in [1.82, 2.24) is 0 Å². The van der Waals surface area contributed by atoms with Gasteiger partial charge in [-0.3, -0.25) is 4.79 Å². The number of hydrogen-bond donors (Lipinski definition) is 0. The van der Waals surface area contributed by atoms with Crippen LogP contribution in [-0.2, 0) is 4.74 Å². The van der Waals surface area contributed by atoms with Gasteiger partial charge in [0.05, 0.1) is 25.0 Å². The van der Waals surface area contributed by atoms with E-state index in [0.29, 0.717) is 17.9 Å². The van der Waals surface area contributed by atoms with E-state index in [4.69, 9.17) is 9.47 Å². The molecule has 0 aromatic heterocycles. The van der Waals surface area contributed by atoms with E-state index in [1.165, 1.54) is 0 Å². The number of hydrogen-bond acceptors (Lipinski definition) is 4. The Morgan fingerprint density at radius 1 is 1.32 bits per heavy atom. The van der Waals surface area contributed by atoms with Crippen LogP contribution in [0.3, 0.4) is 0 Å². The van der Waals surface area contributed by atoms with Gasteiger partial charge in [-0.15, -0.1) is 0 Å². The van der Waals surface area contributed by atoms with Crippen LogP contribution in [0.25, 0.3) is 0 Å². The zero-order valence-corrected chi connectivity index (χ0v) is 12.4. The lowest BCUT2D eigenvalue weighted by molar-refractivity contribution is 0.101. The van der Waals surface area contributed by atoms with Crippen molar-refractivity contribution in [1.29, 1.82) is 0 Å². The van der Waals surface area contributed by atoms with Gasteiger partial charge in [0, 0.05) is 19.7 Å². The van der Waals surface area contributed by atoms with E-state index >= 15 is 0 Å². The third-order valence-electron chi connectivity index (χ3n) is 3.05. The Balaban J connectivity index is 3.25. The van der Waals surface area contributed by atoms with Crippen LogP contribution in [0, 0.1) is 0 Å². The standard InChI is InChI=1S/C15H23NO3/c1-11(2)16(9-10-18-4)13-7-6-8-14(19-5)15(13)12(3)17/h6-8,11H,9-10H2,1-5H3. The number of Topliss-reactive ketones (excluding diaryl/α,β-unsaturated/α-hetero) is 1. The molecular weight excluding hydrogens is 242 g/mol. The third-order valence-corrected chi connectivity index (χ3v) is 3.05. The van der Waals surface area contributed by atoms with Crippen molar-refractivity contribution in [2.45, 2.75) is 26.8 Å². The van der Waals surface area contributed by atoms with Crippen molar-refractivity contribution in [3.05, 3.63) is 23.8 Å². The highest BCUT2D eigenvalue weighted by Gasteiger charge is 2.20. The first kappa shape index (κ1) is 15.5. The van der Waals surface area contributed by atoms with Crippen LogP contribution < -0.4 is 9.64 Å². The summed E-state index contributed by atoms with van der Waals surface area (Å²) >= 11 is 0. The minimum absolute atomic E-state index is 0.00974. The second-order valence-corrected chi connectivity index (χ2v) is 4.69. The van der Waals surface area contributed by atoms with Gasteiger partial charge in [0.15, 0.2) is 5.78 Å². The zero-order valence-electron chi connectivity index (χ0n) is 12.4. The molecule has 0 amide bonds. The summed E-state index contributed by atoms with van der Waals surface area (Å²) in [5.41, 5.74) is 1.54. The molecule has 0 N–H and O–H groups in total. The number of nitrogens with zero attached hydrogens (tertiary/aromatic N) is 1. The van der Waals surface area contributed by atoms with E-state index in [-0.39, 0.29) is 11.8 Å². The summed E-state index contributed by atoms with van der Waals surface area (Å²) in [4.78, 5) is 14.1. The molecule has 1 rings (SSSR count). The number of ketones is 1. The van der Waals surface area contributed by atoms with Gasteiger partial charge in [0.1, 0.15) is 5.75 Å². The smallest absolute Gasteiger partial charge is 0.165 e. The number of rotatable bonds is 7. The summed E-state index contributed by atoms with van der Waals surface area (Å²) in [6.07, 6.45) is 0. The van der Waals surface area contributed by atoms with Crippen molar-refractivity contribution in [2.75, 3.05) is 32.3 Å². The maximum absolute atomic E-state index is 11.9. The summed E-state index contributed by atoms with van der Waals surface area (Å²) in [6, 6.07) is 5.95. The molecule has 0 saturated carbocycles. The molecule has 0 fully saturated rings. The first-order chi connectivity index (χ1) is 9.02. The van der Waals surface area contributed by atoms with Gasteiger partial charge in [0.2, 0.25) is 0 Å². The van der Waals surface area contributed by atoms with E-state index in [0.717, 1.165) is 12.2 Å². The SMILES string of the molecule is COCCN(c1cccc(OC)c1C(C)=O)C(C)C. The first-order valence-electron chi connectivity index (χ1n) is 6.46. The highest BCUT2D eigenvalue weighted by Crippen LogP contribution is 2.30. The Hall–Kier alpha value is -1.55. The lowest BCUT2D eigenvalue weighted by Gasteiger charge is -2.30. The molecule has 19 heavy (non-hydrogen) atoms. The topological polar surface area (TPSA) is 38.8 Å². The normalized spacial score (nSPS) is 10.6. The van der Waals surface area contributed by atoms with E-state index in [9.17, 15) is 4.79 Å². The zero-order chi connectivity index (χ0) is 14.4. The maximum atomic E-state index is 11.9. The maximum Gasteiger partial charge on any atom is 0.165 e. The van der Waals surface area contributed by atoms with Gasteiger partial charge < -0.3 is 14.4 Å². The van der Waals surface area contributed by atoms with Crippen molar-refractivity contribution < 1.29 is 14.3 Å². The second-order valence-electron chi connectivity index (χ2n) is 4.69. The fraction of sp³-hybridized carbons (Fsp3) is 0.533. The van der Waals surface area contributed by atoms with Gasteiger partial charge in [0.25, 0.3) is 0 Å². The van der Waals surface area contributed by atoms with Crippen molar-refractivity contribution in [3.63, 3.8) is 0 Å². The molecule has 1 aromatic rings. The molecule has 0 radical (unpaired) electrons. The average molecular weight is 265 g/mol. The van der Waals surface area contributed by atoms with Crippen molar-refractivity contribution in [3.8, 4) is 5.75 Å². The minimum atomic E-state index is 0.00974. The first-order valence-corrected chi connectivity index (χ1v) is 6.46. The predicted molar refractivity (Wildman–Crippen MR) is 77.4 cm³/mol. The number of anilines is 1. The molecule has 0 atom stereocenters. The molecule has 1 aromatic carbocycles. The van der Waals surface area contributed by atoms with Crippen LogP contribution in [-0.4, -0.2) is 39.2 Å². The average Bonchev–Trinajstić information content (AvgIpc) is 2.38. The van der Waals surface area contributed by atoms with E-state index in [1.54, 1.807) is 21.1 Å². The predicted octanol–water partition coefficient (Wildman–Crippen LogP) is 2.76. The largest absolute Gasteiger partial charge is 0.496 e. The summed E-state index contributed by atoms with van der Waals surface area (Å²) in [6.45, 7) is 7.11. The quantitative estimate of drug-likeness (QED) is 0.711. The molecular formula is C15H23NO3. The van der Waals surface area contributed by atoms with Crippen LogP contribution in [0.15, 0.2) is 18.2 Å². The summed E-state index contributed by atoms with van der Waals surface area (Å²) in [5.74, 6) is 0.628. The highest BCUT2D eigenvalue weighted by molar-refractivity contribution is 6.02. The second kappa shape index (κ2) is 7.14. The minimum Gasteiger partial charge on any atom is -0.496 e. The van der Waals surface area contributed by atoms with Gasteiger partial charge in [-0.05, 0) is 32.9 Å². The Labute approximate surface area is 115 Å². The number of benzene rings is 1. The molecule has 4 nitrogen and oxygen atoms in total. The lowest BCUT2D eigenvalue weighted by Crippen LogP contribution is -2.35. The van der Waals surface area contributed by atoms with Crippen LogP contribution in [0.5, 0.6) is 5.75 Å². The number of carbonyl (C=O) groups excluding carboxylic acids is 1. The number of methoxy groups -OCH3 is 2. The molecule has 0 heterocycles. The fourth-order valence-electron chi connectivity index (χ4n) is 2.13. The third kappa shape index (κ3) is 3.70. The molecule has 106 valence electrons. The van der Waals surface area contributed by atoms with Crippen LogP contribution in [0.4, 0.5) is 5.69 Å². The van der Waals surface area contributed by atoms with Gasteiger partial charge in [-0.25, -0.2) is 0 Å². The molecule has 0 aliphatic heterocycles. The molecule has 0 spiro atoms. The highest BCUT2D eigenvalue weighted by atomic mass is 16.5. The van der Waals surface area contributed by atoms with E-state index in [1.807, 2.05) is 18.2 Å². The summed E-state index contributed by atoms with van der Waals surface area (Å²) in [5, 5.41) is 0. The summed E-state index contributed by atoms with van der Waals surface area (Å²) < 4.78 is 10.4. The van der Waals surface area contributed by atoms with Crippen LogP contribution >= 0.6 is 0 Å². The lowest BCUT2D eigenvalue weighted by atomic mass is 10.1. The van der Waals surface area contributed by atoms with Crippen molar-refractivity contribution >= 4 is 11.5 Å². The molecule has 0 saturated heterocycles. The van der Waals surface area contributed by atoms with Gasteiger partial charge in [-0.2, -0.15) is 0 Å². The molecule has 0 aliphatic rings. The molecule has 0 bridgehead atoms. The number of ether oxygens (including phenoxy) is 2. The Kier molecular flexibility index (Phi) is 5.83. The number of carbonyl (C=O) groups is 1. The van der Waals surface area contributed by atoms with Crippen LogP contribution in [0.2, 0.25) is 0 Å². The van der Waals surface area contributed by atoms with Gasteiger partial charge in [-0.1, -0.05) is 6.07 Å².